The van der Waals surface area contributed by atoms with Gasteiger partial charge in [-0.2, -0.15) is 0 Å². The predicted molar refractivity (Wildman–Crippen MR) is 82.4 cm³/mol. The van der Waals surface area contributed by atoms with E-state index in [-0.39, 0.29) is 0 Å². The summed E-state index contributed by atoms with van der Waals surface area (Å²) in [5.74, 6) is -0.267. The van der Waals surface area contributed by atoms with Gasteiger partial charge in [0.1, 0.15) is 5.75 Å². The Balaban J connectivity index is 2.09. The third kappa shape index (κ3) is 4.58. The standard InChI is InChI=1S/C16H22N2O3/c1-17-7-9-18(10-8-17)12-13-3-5-15(21-2)14(11-13)4-6-16(19)20/h3-6,11H,7-10,12H2,1-2H3,(H,19,20). The van der Waals surface area contributed by atoms with Gasteiger partial charge in [0.2, 0.25) is 0 Å². The molecule has 0 bridgehead atoms. The number of aliphatic carboxylic acids is 1. The normalized spacial score (nSPS) is 17.2. The van der Waals surface area contributed by atoms with E-state index in [9.17, 15) is 4.79 Å². The molecule has 21 heavy (non-hydrogen) atoms. The molecule has 1 aliphatic rings. The lowest BCUT2D eigenvalue weighted by atomic mass is 10.1. The van der Waals surface area contributed by atoms with E-state index in [0.29, 0.717) is 5.75 Å². The number of methoxy groups -OCH3 is 1. The van der Waals surface area contributed by atoms with Crippen LogP contribution >= 0.6 is 0 Å². The van der Waals surface area contributed by atoms with E-state index in [4.69, 9.17) is 9.84 Å². The first-order valence-electron chi connectivity index (χ1n) is 7.07. The number of likely N-dealkylation sites (N-methyl/N-ethyl adjacent to an activating group) is 1. The zero-order chi connectivity index (χ0) is 15.2. The van der Waals surface area contributed by atoms with Gasteiger partial charge < -0.3 is 14.7 Å². The summed E-state index contributed by atoms with van der Waals surface area (Å²) in [6.07, 6.45) is 2.71. The summed E-state index contributed by atoms with van der Waals surface area (Å²) < 4.78 is 5.27. The average Bonchev–Trinajstić information content (AvgIpc) is 2.47. The molecule has 0 unspecified atom stereocenters. The van der Waals surface area contributed by atoms with Crippen LogP contribution in [-0.4, -0.2) is 61.2 Å². The van der Waals surface area contributed by atoms with Crippen LogP contribution in [0.25, 0.3) is 6.08 Å². The van der Waals surface area contributed by atoms with Gasteiger partial charge in [-0.3, -0.25) is 4.90 Å². The molecule has 5 nitrogen and oxygen atoms in total. The molecule has 0 aromatic heterocycles. The Labute approximate surface area is 125 Å². The van der Waals surface area contributed by atoms with Gasteiger partial charge in [-0.05, 0) is 30.8 Å². The van der Waals surface area contributed by atoms with Crippen molar-refractivity contribution in [2.75, 3.05) is 40.3 Å². The largest absolute Gasteiger partial charge is 0.496 e. The minimum Gasteiger partial charge on any atom is -0.496 e. The lowest BCUT2D eigenvalue weighted by molar-refractivity contribution is -0.131. The van der Waals surface area contributed by atoms with Gasteiger partial charge in [0.25, 0.3) is 0 Å². The van der Waals surface area contributed by atoms with Crippen LogP contribution in [0.1, 0.15) is 11.1 Å². The second kappa shape index (κ2) is 7.24. The van der Waals surface area contributed by atoms with Gasteiger partial charge in [0.15, 0.2) is 0 Å². The second-order valence-corrected chi connectivity index (χ2v) is 5.33. The molecule has 114 valence electrons. The first-order valence-corrected chi connectivity index (χ1v) is 7.07. The lowest BCUT2D eigenvalue weighted by Gasteiger charge is -2.32. The molecule has 1 saturated heterocycles. The SMILES string of the molecule is COc1ccc(CN2CCN(C)CC2)cc1C=CC(=O)O. The molecule has 0 aliphatic carbocycles. The summed E-state index contributed by atoms with van der Waals surface area (Å²) in [6, 6.07) is 5.93. The molecule has 0 amide bonds. The van der Waals surface area contributed by atoms with E-state index in [0.717, 1.165) is 44.4 Å². The molecule has 0 radical (unpaired) electrons. The summed E-state index contributed by atoms with van der Waals surface area (Å²) >= 11 is 0. The quantitative estimate of drug-likeness (QED) is 0.834. The van der Waals surface area contributed by atoms with Crippen molar-refractivity contribution in [3.8, 4) is 5.75 Å². The summed E-state index contributed by atoms with van der Waals surface area (Å²) in [6.45, 7) is 5.17. The number of carbonyl (C=O) groups is 1. The topological polar surface area (TPSA) is 53.0 Å². The molecule has 1 fully saturated rings. The summed E-state index contributed by atoms with van der Waals surface area (Å²) in [4.78, 5) is 15.4. The van der Waals surface area contributed by atoms with Crippen LogP contribution in [0.4, 0.5) is 0 Å². The van der Waals surface area contributed by atoms with E-state index < -0.39 is 5.97 Å². The van der Waals surface area contributed by atoms with Crippen LogP contribution in [-0.2, 0) is 11.3 Å². The number of ether oxygens (including phenoxy) is 1. The van der Waals surface area contributed by atoms with E-state index in [2.05, 4.69) is 16.8 Å². The zero-order valence-electron chi connectivity index (χ0n) is 12.6. The maximum atomic E-state index is 10.7. The van der Waals surface area contributed by atoms with Crippen molar-refractivity contribution >= 4 is 12.0 Å². The van der Waals surface area contributed by atoms with Gasteiger partial charge in [-0.15, -0.1) is 0 Å². The highest BCUT2D eigenvalue weighted by Crippen LogP contribution is 2.22. The van der Waals surface area contributed by atoms with Crippen molar-refractivity contribution in [2.45, 2.75) is 6.54 Å². The lowest BCUT2D eigenvalue weighted by Crippen LogP contribution is -2.43. The third-order valence-corrected chi connectivity index (χ3v) is 3.70. The van der Waals surface area contributed by atoms with E-state index >= 15 is 0 Å². The maximum Gasteiger partial charge on any atom is 0.328 e. The van der Waals surface area contributed by atoms with E-state index in [1.807, 2.05) is 18.2 Å². The maximum absolute atomic E-state index is 10.7. The van der Waals surface area contributed by atoms with E-state index in [1.165, 1.54) is 5.56 Å². The number of nitrogens with zero attached hydrogens (tertiary/aromatic N) is 2. The minimum atomic E-state index is -0.957. The molecule has 5 heteroatoms. The molecule has 1 heterocycles. The number of hydrogen-bond acceptors (Lipinski definition) is 4. The Morgan fingerprint density at radius 2 is 2.05 bits per heavy atom. The van der Waals surface area contributed by atoms with Crippen LogP contribution in [0.3, 0.4) is 0 Å². The molecule has 1 N–H and O–H groups in total. The van der Waals surface area contributed by atoms with Gasteiger partial charge in [0, 0.05) is 44.4 Å². The van der Waals surface area contributed by atoms with Crippen LogP contribution in [0.5, 0.6) is 5.75 Å². The van der Waals surface area contributed by atoms with Crippen molar-refractivity contribution in [3.63, 3.8) is 0 Å². The fourth-order valence-corrected chi connectivity index (χ4v) is 2.44. The van der Waals surface area contributed by atoms with Gasteiger partial charge in [-0.25, -0.2) is 4.79 Å². The monoisotopic (exact) mass is 290 g/mol. The van der Waals surface area contributed by atoms with E-state index in [1.54, 1.807) is 13.2 Å². The van der Waals surface area contributed by atoms with Crippen LogP contribution in [0, 0.1) is 0 Å². The first kappa shape index (κ1) is 15.5. The first-order chi connectivity index (χ1) is 10.1. The molecule has 1 aliphatic heterocycles. The molecule has 0 saturated carbocycles. The smallest absolute Gasteiger partial charge is 0.328 e. The highest BCUT2D eigenvalue weighted by Gasteiger charge is 2.14. The summed E-state index contributed by atoms with van der Waals surface area (Å²) in [5.41, 5.74) is 1.97. The third-order valence-electron chi connectivity index (χ3n) is 3.70. The number of hydrogen-bond donors (Lipinski definition) is 1. The average molecular weight is 290 g/mol. The predicted octanol–water partition coefficient (Wildman–Crippen LogP) is 1.54. The molecule has 0 spiro atoms. The molecule has 2 rings (SSSR count). The van der Waals surface area contributed by atoms with Crippen LogP contribution < -0.4 is 4.74 Å². The van der Waals surface area contributed by atoms with Gasteiger partial charge in [0.05, 0.1) is 7.11 Å². The number of benzene rings is 1. The Bertz CT molecular complexity index is 520. The molecule has 0 atom stereocenters. The highest BCUT2D eigenvalue weighted by molar-refractivity contribution is 5.85. The van der Waals surface area contributed by atoms with Crippen molar-refractivity contribution in [1.29, 1.82) is 0 Å². The number of rotatable bonds is 5. The Morgan fingerprint density at radius 1 is 1.33 bits per heavy atom. The highest BCUT2D eigenvalue weighted by atomic mass is 16.5. The molecular weight excluding hydrogens is 268 g/mol. The van der Waals surface area contributed by atoms with Crippen LogP contribution in [0.15, 0.2) is 24.3 Å². The van der Waals surface area contributed by atoms with Gasteiger partial charge >= 0.3 is 5.97 Å². The minimum absolute atomic E-state index is 0.689. The number of carboxylic acid groups (broad SMARTS) is 1. The van der Waals surface area contributed by atoms with Gasteiger partial charge in [-0.1, -0.05) is 6.07 Å². The Kier molecular flexibility index (Phi) is 5.36. The van der Waals surface area contributed by atoms with Crippen molar-refractivity contribution in [2.24, 2.45) is 0 Å². The molecular formula is C16H22N2O3. The van der Waals surface area contributed by atoms with Crippen LogP contribution in [0.2, 0.25) is 0 Å². The number of carboxylic acids is 1. The molecule has 1 aromatic rings. The summed E-state index contributed by atoms with van der Waals surface area (Å²) in [5, 5.41) is 8.75. The van der Waals surface area contributed by atoms with Crippen molar-refractivity contribution in [3.05, 3.63) is 35.4 Å². The second-order valence-electron chi connectivity index (χ2n) is 5.33. The molecule has 1 aromatic carbocycles. The number of piperazine rings is 1. The zero-order valence-corrected chi connectivity index (χ0v) is 12.6. The van der Waals surface area contributed by atoms with Crippen molar-refractivity contribution < 1.29 is 14.6 Å². The Hall–Kier alpha value is -1.85. The fraction of sp³-hybridized carbons (Fsp3) is 0.438. The fourth-order valence-electron chi connectivity index (χ4n) is 2.44. The Morgan fingerprint density at radius 3 is 2.67 bits per heavy atom. The summed E-state index contributed by atoms with van der Waals surface area (Å²) in [7, 11) is 3.73. The van der Waals surface area contributed by atoms with Crippen molar-refractivity contribution in [1.82, 2.24) is 9.80 Å².